The van der Waals surface area contributed by atoms with Gasteiger partial charge in [0.1, 0.15) is 11.6 Å². The second-order valence-corrected chi connectivity index (χ2v) is 7.45. The maximum absolute atomic E-state index is 13.5. The first-order valence-electron chi connectivity index (χ1n) is 6.26. The van der Waals surface area contributed by atoms with Crippen molar-refractivity contribution in [2.45, 2.75) is 25.3 Å². The molecule has 0 aromatic heterocycles. The topological polar surface area (TPSA) is 58.2 Å². The summed E-state index contributed by atoms with van der Waals surface area (Å²) >= 11 is 2.83. The Balaban J connectivity index is 1.91. The number of benzene rings is 1. The molecule has 1 saturated carbocycles. The Hall–Kier alpha value is -0.730. The molecular formula is C12H15BrF2N2O2S. The van der Waals surface area contributed by atoms with Crippen LogP contribution in [0.25, 0.3) is 0 Å². The van der Waals surface area contributed by atoms with Gasteiger partial charge in [0.2, 0.25) is 10.0 Å². The van der Waals surface area contributed by atoms with Gasteiger partial charge in [-0.05, 0) is 47.8 Å². The van der Waals surface area contributed by atoms with E-state index < -0.39 is 21.7 Å². The molecule has 1 aliphatic carbocycles. The number of rotatable bonds is 7. The lowest BCUT2D eigenvalue weighted by atomic mass is 10.3. The molecule has 0 atom stereocenters. The molecule has 0 amide bonds. The van der Waals surface area contributed by atoms with Gasteiger partial charge < -0.3 is 5.32 Å². The van der Waals surface area contributed by atoms with Gasteiger partial charge in [-0.2, -0.15) is 0 Å². The van der Waals surface area contributed by atoms with Crippen LogP contribution in [0.2, 0.25) is 0 Å². The van der Waals surface area contributed by atoms with Crippen LogP contribution in [0, 0.1) is 11.6 Å². The number of nitrogens with one attached hydrogen (secondary N) is 2. The van der Waals surface area contributed by atoms with Gasteiger partial charge in [0, 0.05) is 12.1 Å². The maximum Gasteiger partial charge on any atom is 0.232 e. The molecule has 1 fully saturated rings. The van der Waals surface area contributed by atoms with E-state index in [-0.39, 0.29) is 15.9 Å². The van der Waals surface area contributed by atoms with E-state index in [1.165, 1.54) is 0 Å². The molecule has 8 heteroatoms. The molecule has 2 rings (SSSR count). The van der Waals surface area contributed by atoms with Gasteiger partial charge in [0.15, 0.2) is 0 Å². The fourth-order valence-electron chi connectivity index (χ4n) is 1.68. The Kier molecular flexibility index (Phi) is 4.98. The smallest absolute Gasteiger partial charge is 0.232 e. The average molecular weight is 369 g/mol. The summed E-state index contributed by atoms with van der Waals surface area (Å²) in [5.41, 5.74) is -0.374. The summed E-state index contributed by atoms with van der Waals surface area (Å²) in [7, 11) is -3.68. The average Bonchev–Trinajstić information content (AvgIpc) is 3.15. The summed E-state index contributed by atoms with van der Waals surface area (Å²) in [4.78, 5) is 0. The molecular weight excluding hydrogens is 354 g/mol. The van der Waals surface area contributed by atoms with Crippen LogP contribution in [-0.4, -0.2) is 26.8 Å². The highest BCUT2D eigenvalue weighted by Crippen LogP contribution is 2.24. The first kappa shape index (κ1) is 15.7. The van der Waals surface area contributed by atoms with Crippen molar-refractivity contribution in [3.63, 3.8) is 0 Å². The molecule has 1 aromatic rings. The van der Waals surface area contributed by atoms with Crippen LogP contribution in [0.3, 0.4) is 0 Å². The Labute approximate surface area is 125 Å². The minimum Gasteiger partial charge on any atom is -0.314 e. The normalized spacial score (nSPS) is 15.3. The molecule has 1 aliphatic rings. The monoisotopic (exact) mass is 368 g/mol. The van der Waals surface area contributed by atoms with Crippen LogP contribution < -0.4 is 10.0 Å². The molecule has 0 heterocycles. The lowest BCUT2D eigenvalue weighted by Crippen LogP contribution is -2.23. The summed E-state index contributed by atoms with van der Waals surface area (Å²) < 4.78 is 52.4. The quantitative estimate of drug-likeness (QED) is 0.574. The van der Waals surface area contributed by atoms with Crippen LogP contribution in [-0.2, 0) is 10.0 Å². The van der Waals surface area contributed by atoms with Gasteiger partial charge in [-0.25, -0.2) is 17.2 Å². The van der Waals surface area contributed by atoms with E-state index in [1.54, 1.807) is 0 Å². The number of anilines is 1. The zero-order valence-electron chi connectivity index (χ0n) is 10.6. The van der Waals surface area contributed by atoms with E-state index in [9.17, 15) is 17.2 Å². The largest absolute Gasteiger partial charge is 0.314 e. The van der Waals surface area contributed by atoms with Crippen molar-refractivity contribution in [2.75, 3.05) is 17.0 Å². The van der Waals surface area contributed by atoms with Crippen molar-refractivity contribution in [1.82, 2.24) is 5.32 Å². The third-order valence-corrected chi connectivity index (χ3v) is 4.84. The lowest BCUT2D eigenvalue weighted by molar-refractivity contribution is 0.587. The second kappa shape index (κ2) is 6.36. The number of halogens is 3. The van der Waals surface area contributed by atoms with Gasteiger partial charge in [-0.1, -0.05) is 0 Å². The van der Waals surface area contributed by atoms with Crippen molar-refractivity contribution in [1.29, 1.82) is 0 Å². The Morgan fingerprint density at radius 1 is 1.25 bits per heavy atom. The second-order valence-electron chi connectivity index (χ2n) is 4.75. The highest BCUT2D eigenvalue weighted by atomic mass is 79.9. The number of sulfonamides is 1. The SMILES string of the molecule is O=S(=O)(CCCNC1CC1)Nc1cc(F)c(Br)cc1F. The van der Waals surface area contributed by atoms with E-state index in [0.29, 0.717) is 19.0 Å². The minimum absolute atomic E-state index is 0.0495. The molecule has 4 nitrogen and oxygen atoms in total. The predicted octanol–water partition coefficient (Wildman–Crippen LogP) is 2.61. The molecule has 0 bridgehead atoms. The fourth-order valence-corrected chi connectivity index (χ4v) is 3.11. The third kappa shape index (κ3) is 4.68. The minimum atomic E-state index is -3.68. The summed E-state index contributed by atoms with van der Waals surface area (Å²) in [5.74, 6) is -1.68. The highest BCUT2D eigenvalue weighted by Gasteiger charge is 2.20. The summed E-state index contributed by atoms with van der Waals surface area (Å²) in [5, 5.41) is 3.19. The molecule has 0 unspecified atom stereocenters. The molecule has 0 spiro atoms. The molecule has 0 saturated heterocycles. The van der Waals surface area contributed by atoms with E-state index in [2.05, 4.69) is 26.0 Å². The standard InChI is InChI=1S/C12H15BrF2N2O2S/c13-9-6-11(15)12(7-10(9)14)17-20(18,19)5-1-4-16-8-2-3-8/h6-8,16-17H,1-5H2. The van der Waals surface area contributed by atoms with Gasteiger partial charge in [-0.3, -0.25) is 4.72 Å². The molecule has 20 heavy (non-hydrogen) atoms. The first-order valence-corrected chi connectivity index (χ1v) is 8.70. The number of hydrogen-bond donors (Lipinski definition) is 2. The summed E-state index contributed by atoms with van der Waals surface area (Å²) in [6.45, 7) is 0.600. The van der Waals surface area contributed by atoms with Gasteiger partial charge >= 0.3 is 0 Å². The van der Waals surface area contributed by atoms with E-state index in [4.69, 9.17) is 0 Å². The van der Waals surface area contributed by atoms with Crippen molar-refractivity contribution >= 4 is 31.6 Å². The fraction of sp³-hybridized carbons (Fsp3) is 0.500. The van der Waals surface area contributed by atoms with Crippen molar-refractivity contribution < 1.29 is 17.2 Å². The molecule has 1 aromatic carbocycles. The van der Waals surface area contributed by atoms with Crippen LogP contribution in [0.15, 0.2) is 16.6 Å². The van der Waals surface area contributed by atoms with E-state index >= 15 is 0 Å². The van der Waals surface area contributed by atoms with Crippen LogP contribution in [0.4, 0.5) is 14.5 Å². The zero-order valence-corrected chi connectivity index (χ0v) is 13.0. The summed E-state index contributed by atoms with van der Waals surface area (Å²) in [6, 6.07) is 2.23. The van der Waals surface area contributed by atoms with E-state index in [1.807, 2.05) is 0 Å². The van der Waals surface area contributed by atoms with Gasteiger partial charge in [0.05, 0.1) is 15.9 Å². The maximum atomic E-state index is 13.5. The molecule has 0 radical (unpaired) electrons. The first-order chi connectivity index (χ1) is 9.37. The Morgan fingerprint density at radius 2 is 1.95 bits per heavy atom. The summed E-state index contributed by atoms with van der Waals surface area (Å²) in [6.07, 6.45) is 2.69. The third-order valence-electron chi connectivity index (χ3n) is 2.88. The molecule has 0 aliphatic heterocycles. The van der Waals surface area contributed by atoms with Crippen LogP contribution >= 0.6 is 15.9 Å². The Bertz CT molecular complexity index is 591. The molecule has 2 N–H and O–H groups in total. The van der Waals surface area contributed by atoms with E-state index in [0.717, 1.165) is 25.0 Å². The van der Waals surface area contributed by atoms with Gasteiger partial charge in [-0.15, -0.1) is 0 Å². The Morgan fingerprint density at radius 3 is 2.60 bits per heavy atom. The number of hydrogen-bond acceptors (Lipinski definition) is 3. The van der Waals surface area contributed by atoms with Crippen LogP contribution in [0.1, 0.15) is 19.3 Å². The van der Waals surface area contributed by atoms with Crippen LogP contribution in [0.5, 0.6) is 0 Å². The van der Waals surface area contributed by atoms with Crippen molar-refractivity contribution in [2.24, 2.45) is 0 Å². The highest BCUT2D eigenvalue weighted by molar-refractivity contribution is 9.10. The lowest BCUT2D eigenvalue weighted by Gasteiger charge is -2.10. The van der Waals surface area contributed by atoms with Gasteiger partial charge in [0.25, 0.3) is 0 Å². The zero-order chi connectivity index (χ0) is 14.8. The van der Waals surface area contributed by atoms with Crippen molar-refractivity contribution in [3.05, 3.63) is 28.2 Å². The predicted molar refractivity (Wildman–Crippen MR) is 77.1 cm³/mol. The van der Waals surface area contributed by atoms with Crippen molar-refractivity contribution in [3.8, 4) is 0 Å². The molecule has 112 valence electrons.